The minimum Gasteiger partial charge on any atom is -0.396 e. The van der Waals surface area contributed by atoms with E-state index in [1.165, 1.54) is 32.1 Å². The third kappa shape index (κ3) is 3.57. The molecule has 1 atom stereocenters. The number of allylic oxidation sites excluding steroid dienone is 2. The Morgan fingerprint density at radius 3 is 2.82 bits per heavy atom. The Balaban J connectivity index is 2.24. The summed E-state index contributed by atoms with van der Waals surface area (Å²) in [4.78, 5) is 0. The number of hydrogen-bond acceptors (Lipinski definition) is 1. The van der Waals surface area contributed by atoms with Gasteiger partial charge in [-0.25, -0.2) is 0 Å². The molecular formula is C10H18O. The normalized spacial score (nSPS) is 26.1. The SMILES string of the molecule is OCCC1CCC=CCCC1. The first kappa shape index (κ1) is 8.79. The summed E-state index contributed by atoms with van der Waals surface area (Å²) in [5.41, 5.74) is 0. The maximum Gasteiger partial charge on any atom is 0.0433 e. The fraction of sp³-hybridized carbons (Fsp3) is 0.800. The summed E-state index contributed by atoms with van der Waals surface area (Å²) in [6.07, 6.45) is 11.9. The van der Waals surface area contributed by atoms with Crippen molar-refractivity contribution in [2.45, 2.75) is 38.5 Å². The second-order valence-corrected chi connectivity index (χ2v) is 3.36. The monoisotopic (exact) mass is 154 g/mol. The molecule has 0 heterocycles. The van der Waals surface area contributed by atoms with Gasteiger partial charge in [0.1, 0.15) is 0 Å². The molecule has 1 nitrogen and oxygen atoms in total. The standard InChI is InChI=1S/C10H18O/c11-9-8-10-6-4-2-1-3-5-7-10/h1-2,10-11H,3-9H2. The molecule has 0 aromatic rings. The van der Waals surface area contributed by atoms with Crippen LogP contribution < -0.4 is 0 Å². The molecule has 1 unspecified atom stereocenters. The zero-order valence-corrected chi connectivity index (χ0v) is 7.13. The Bertz CT molecular complexity index is 118. The number of aliphatic hydroxyl groups is 1. The minimum absolute atomic E-state index is 0.369. The molecule has 1 aliphatic rings. The van der Waals surface area contributed by atoms with Gasteiger partial charge in [-0.1, -0.05) is 18.6 Å². The van der Waals surface area contributed by atoms with Crippen LogP contribution >= 0.6 is 0 Å². The Kier molecular flexibility index (Phi) is 4.29. The van der Waals surface area contributed by atoms with Crippen LogP contribution in [-0.2, 0) is 0 Å². The van der Waals surface area contributed by atoms with Gasteiger partial charge in [-0.05, 0) is 38.0 Å². The van der Waals surface area contributed by atoms with Crippen molar-refractivity contribution in [3.05, 3.63) is 12.2 Å². The zero-order chi connectivity index (χ0) is 7.94. The summed E-state index contributed by atoms with van der Waals surface area (Å²) >= 11 is 0. The maximum atomic E-state index is 8.76. The van der Waals surface area contributed by atoms with Gasteiger partial charge in [-0.15, -0.1) is 0 Å². The van der Waals surface area contributed by atoms with Crippen molar-refractivity contribution in [2.75, 3.05) is 6.61 Å². The van der Waals surface area contributed by atoms with Gasteiger partial charge in [-0.3, -0.25) is 0 Å². The average Bonchev–Trinajstić information content (AvgIpc) is 1.94. The molecule has 0 aromatic heterocycles. The van der Waals surface area contributed by atoms with E-state index in [2.05, 4.69) is 12.2 Å². The molecule has 0 bridgehead atoms. The van der Waals surface area contributed by atoms with Crippen LogP contribution in [-0.4, -0.2) is 11.7 Å². The molecule has 1 N–H and O–H groups in total. The molecule has 0 fully saturated rings. The molecule has 0 aliphatic heterocycles. The highest BCUT2D eigenvalue weighted by atomic mass is 16.3. The van der Waals surface area contributed by atoms with E-state index in [0.29, 0.717) is 6.61 Å². The van der Waals surface area contributed by atoms with Gasteiger partial charge in [0.05, 0.1) is 0 Å². The van der Waals surface area contributed by atoms with E-state index >= 15 is 0 Å². The van der Waals surface area contributed by atoms with Gasteiger partial charge in [-0.2, -0.15) is 0 Å². The maximum absolute atomic E-state index is 8.76. The topological polar surface area (TPSA) is 20.2 Å². The molecule has 0 aromatic carbocycles. The van der Waals surface area contributed by atoms with Gasteiger partial charge in [0.15, 0.2) is 0 Å². The summed E-state index contributed by atoms with van der Waals surface area (Å²) in [6.45, 7) is 0.369. The Morgan fingerprint density at radius 1 is 1.18 bits per heavy atom. The lowest BCUT2D eigenvalue weighted by Gasteiger charge is -2.15. The first-order chi connectivity index (χ1) is 5.43. The smallest absolute Gasteiger partial charge is 0.0433 e. The van der Waals surface area contributed by atoms with E-state index < -0.39 is 0 Å². The van der Waals surface area contributed by atoms with Crippen LogP contribution in [0.15, 0.2) is 12.2 Å². The average molecular weight is 154 g/mol. The predicted octanol–water partition coefficient (Wildman–Crippen LogP) is 2.51. The molecule has 1 aliphatic carbocycles. The van der Waals surface area contributed by atoms with Crippen LogP contribution in [0.3, 0.4) is 0 Å². The van der Waals surface area contributed by atoms with E-state index in [-0.39, 0.29) is 0 Å². The van der Waals surface area contributed by atoms with Gasteiger partial charge in [0.25, 0.3) is 0 Å². The molecule has 1 rings (SSSR count). The summed E-state index contributed by atoms with van der Waals surface area (Å²) in [5.74, 6) is 0.782. The van der Waals surface area contributed by atoms with E-state index in [1.807, 2.05) is 0 Å². The second kappa shape index (κ2) is 5.36. The third-order valence-corrected chi connectivity index (χ3v) is 2.43. The molecule has 0 spiro atoms. The fourth-order valence-corrected chi connectivity index (χ4v) is 1.71. The third-order valence-electron chi connectivity index (χ3n) is 2.43. The van der Waals surface area contributed by atoms with Gasteiger partial charge in [0.2, 0.25) is 0 Å². The second-order valence-electron chi connectivity index (χ2n) is 3.36. The fourth-order valence-electron chi connectivity index (χ4n) is 1.71. The molecule has 1 heteroatoms. The van der Waals surface area contributed by atoms with Gasteiger partial charge in [0, 0.05) is 6.61 Å². The van der Waals surface area contributed by atoms with Crippen LogP contribution in [0.5, 0.6) is 0 Å². The highest BCUT2D eigenvalue weighted by Crippen LogP contribution is 2.20. The lowest BCUT2D eigenvalue weighted by atomic mass is 9.92. The molecule has 0 radical (unpaired) electrons. The number of hydrogen-bond donors (Lipinski definition) is 1. The molecular weight excluding hydrogens is 136 g/mol. The van der Waals surface area contributed by atoms with Crippen molar-refractivity contribution in [3.63, 3.8) is 0 Å². The Labute approximate surface area is 69.1 Å². The van der Waals surface area contributed by atoms with E-state index in [4.69, 9.17) is 5.11 Å². The summed E-state index contributed by atoms with van der Waals surface area (Å²) in [6, 6.07) is 0. The molecule has 0 amide bonds. The first-order valence-corrected chi connectivity index (χ1v) is 4.69. The van der Waals surface area contributed by atoms with Crippen molar-refractivity contribution < 1.29 is 5.11 Å². The van der Waals surface area contributed by atoms with Crippen LogP contribution in [0.1, 0.15) is 38.5 Å². The molecule has 0 saturated carbocycles. The summed E-state index contributed by atoms with van der Waals surface area (Å²) in [7, 11) is 0. The lowest BCUT2D eigenvalue weighted by Crippen LogP contribution is -2.03. The lowest BCUT2D eigenvalue weighted by molar-refractivity contribution is 0.245. The van der Waals surface area contributed by atoms with Crippen LogP contribution in [0.25, 0.3) is 0 Å². The van der Waals surface area contributed by atoms with Crippen LogP contribution in [0.2, 0.25) is 0 Å². The number of aliphatic hydroxyl groups excluding tert-OH is 1. The molecule has 64 valence electrons. The van der Waals surface area contributed by atoms with Crippen molar-refractivity contribution in [1.29, 1.82) is 0 Å². The Hall–Kier alpha value is -0.300. The number of rotatable bonds is 2. The van der Waals surface area contributed by atoms with Crippen LogP contribution in [0.4, 0.5) is 0 Å². The summed E-state index contributed by atoms with van der Waals surface area (Å²) < 4.78 is 0. The predicted molar refractivity (Wildman–Crippen MR) is 47.4 cm³/mol. The first-order valence-electron chi connectivity index (χ1n) is 4.69. The zero-order valence-electron chi connectivity index (χ0n) is 7.13. The van der Waals surface area contributed by atoms with Crippen molar-refractivity contribution in [1.82, 2.24) is 0 Å². The molecule has 0 saturated heterocycles. The van der Waals surface area contributed by atoms with Crippen molar-refractivity contribution in [2.24, 2.45) is 5.92 Å². The van der Waals surface area contributed by atoms with Gasteiger partial charge >= 0.3 is 0 Å². The van der Waals surface area contributed by atoms with E-state index in [0.717, 1.165) is 12.3 Å². The van der Waals surface area contributed by atoms with E-state index in [1.54, 1.807) is 0 Å². The highest BCUT2D eigenvalue weighted by molar-refractivity contribution is 4.84. The minimum atomic E-state index is 0.369. The summed E-state index contributed by atoms with van der Waals surface area (Å²) in [5, 5.41) is 8.76. The molecule has 11 heavy (non-hydrogen) atoms. The Morgan fingerprint density at radius 2 is 2.00 bits per heavy atom. The van der Waals surface area contributed by atoms with Crippen molar-refractivity contribution >= 4 is 0 Å². The van der Waals surface area contributed by atoms with Crippen molar-refractivity contribution in [3.8, 4) is 0 Å². The largest absolute Gasteiger partial charge is 0.396 e. The van der Waals surface area contributed by atoms with E-state index in [9.17, 15) is 0 Å². The highest BCUT2D eigenvalue weighted by Gasteiger charge is 2.07. The van der Waals surface area contributed by atoms with Gasteiger partial charge < -0.3 is 5.11 Å². The van der Waals surface area contributed by atoms with Crippen LogP contribution in [0, 0.1) is 5.92 Å². The quantitative estimate of drug-likeness (QED) is 0.606.